The number of nitrogens with zero attached hydrogens (tertiary/aromatic N) is 1. The molecule has 1 aliphatic heterocycles. The molecule has 1 aromatic heterocycles. The molecule has 3 aromatic rings. The zero-order chi connectivity index (χ0) is 18.6. The van der Waals surface area contributed by atoms with Gasteiger partial charge in [-0.1, -0.05) is 30.3 Å². The Balaban J connectivity index is 1.38. The standard InChI is InChI=1S/C22H19FN2O2/c23-18-5-1-3-15(11-18)12-21(26)25-14-19-13-17-4-2-6-20(22(17)27-19)16-7-9-24-10-8-16/h1-11,19H,12-14H2,(H,25,26)/t19-/m1/s1. The lowest BCUT2D eigenvalue weighted by atomic mass is 10.0. The lowest BCUT2D eigenvalue weighted by Crippen LogP contribution is -2.35. The topological polar surface area (TPSA) is 51.2 Å². The van der Waals surface area contributed by atoms with E-state index in [1.807, 2.05) is 24.3 Å². The smallest absolute Gasteiger partial charge is 0.224 e. The third kappa shape index (κ3) is 3.97. The molecule has 27 heavy (non-hydrogen) atoms. The maximum absolute atomic E-state index is 13.2. The number of amides is 1. The number of ether oxygens (including phenoxy) is 1. The van der Waals surface area contributed by atoms with Crippen molar-refractivity contribution < 1.29 is 13.9 Å². The Hall–Kier alpha value is -3.21. The number of pyridine rings is 1. The lowest BCUT2D eigenvalue weighted by molar-refractivity contribution is -0.120. The fraction of sp³-hybridized carbons (Fsp3) is 0.182. The summed E-state index contributed by atoms with van der Waals surface area (Å²) in [4.78, 5) is 16.2. The fourth-order valence-electron chi connectivity index (χ4n) is 3.33. The van der Waals surface area contributed by atoms with Crippen LogP contribution >= 0.6 is 0 Å². The predicted molar refractivity (Wildman–Crippen MR) is 101 cm³/mol. The Labute approximate surface area is 157 Å². The van der Waals surface area contributed by atoms with E-state index in [1.54, 1.807) is 24.5 Å². The first-order valence-corrected chi connectivity index (χ1v) is 8.89. The van der Waals surface area contributed by atoms with Crippen molar-refractivity contribution in [2.24, 2.45) is 0 Å². The summed E-state index contributed by atoms with van der Waals surface area (Å²) in [5.74, 6) is 0.390. The molecule has 1 atom stereocenters. The largest absolute Gasteiger partial charge is 0.487 e. The van der Waals surface area contributed by atoms with Crippen molar-refractivity contribution in [3.05, 3.63) is 83.9 Å². The third-order valence-corrected chi connectivity index (χ3v) is 4.60. The van der Waals surface area contributed by atoms with Crippen molar-refractivity contribution in [2.45, 2.75) is 18.9 Å². The summed E-state index contributed by atoms with van der Waals surface area (Å²) in [6.45, 7) is 0.415. The van der Waals surface area contributed by atoms with E-state index in [4.69, 9.17) is 4.74 Å². The summed E-state index contributed by atoms with van der Waals surface area (Å²) in [5.41, 5.74) is 3.87. The minimum atomic E-state index is -0.335. The molecule has 0 aliphatic carbocycles. The summed E-state index contributed by atoms with van der Waals surface area (Å²) in [5, 5.41) is 2.89. The van der Waals surface area contributed by atoms with Crippen LogP contribution in [-0.4, -0.2) is 23.5 Å². The summed E-state index contributed by atoms with van der Waals surface area (Å²) in [6.07, 6.45) is 4.30. The second-order valence-corrected chi connectivity index (χ2v) is 6.58. The van der Waals surface area contributed by atoms with Crippen LogP contribution in [0.5, 0.6) is 5.75 Å². The monoisotopic (exact) mass is 362 g/mol. The van der Waals surface area contributed by atoms with Crippen LogP contribution in [0, 0.1) is 5.82 Å². The van der Waals surface area contributed by atoms with Gasteiger partial charge in [0, 0.05) is 24.4 Å². The highest BCUT2D eigenvalue weighted by Gasteiger charge is 2.26. The van der Waals surface area contributed by atoms with Gasteiger partial charge in [-0.15, -0.1) is 0 Å². The third-order valence-electron chi connectivity index (χ3n) is 4.60. The van der Waals surface area contributed by atoms with E-state index in [0.29, 0.717) is 12.1 Å². The van der Waals surface area contributed by atoms with Crippen molar-refractivity contribution in [2.75, 3.05) is 6.54 Å². The average Bonchev–Trinajstić information content (AvgIpc) is 3.10. The van der Waals surface area contributed by atoms with E-state index in [1.165, 1.54) is 12.1 Å². The molecule has 0 spiro atoms. The molecule has 0 unspecified atom stereocenters. The molecule has 5 heteroatoms. The molecule has 1 aliphatic rings. The quantitative estimate of drug-likeness (QED) is 0.755. The molecule has 2 heterocycles. The van der Waals surface area contributed by atoms with Gasteiger partial charge in [-0.2, -0.15) is 0 Å². The van der Waals surface area contributed by atoms with Gasteiger partial charge in [0.05, 0.1) is 13.0 Å². The summed E-state index contributed by atoms with van der Waals surface area (Å²) < 4.78 is 19.3. The Morgan fingerprint density at radius 2 is 1.96 bits per heavy atom. The minimum absolute atomic E-state index is 0.112. The SMILES string of the molecule is O=C(Cc1cccc(F)c1)NC[C@H]1Cc2cccc(-c3ccncc3)c2O1. The molecule has 0 radical (unpaired) electrons. The second kappa shape index (κ2) is 7.58. The molecule has 4 rings (SSSR count). The predicted octanol–water partition coefficient (Wildman–Crippen LogP) is 3.55. The zero-order valence-corrected chi connectivity index (χ0v) is 14.7. The van der Waals surface area contributed by atoms with Crippen LogP contribution in [0.2, 0.25) is 0 Å². The van der Waals surface area contributed by atoms with Crippen LogP contribution in [0.1, 0.15) is 11.1 Å². The number of nitrogens with one attached hydrogen (secondary N) is 1. The Morgan fingerprint density at radius 3 is 2.78 bits per heavy atom. The molecular weight excluding hydrogens is 343 g/mol. The van der Waals surface area contributed by atoms with Crippen LogP contribution < -0.4 is 10.1 Å². The van der Waals surface area contributed by atoms with E-state index in [2.05, 4.69) is 16.4 Å². The molecular formula is C22H19FN2O2. The molecule has 1 amide bonds. The van der Waals surface area contributed by atoms with Crippen LogP contribution in [0.15, 0.2) is 67.0 Å². The normalized spacial score (nSPS) is 15.1. The average molecular weight is 362 g/mol. The second-order valence-electron chi connectivity index (χ2n) is 6.58. The maximum Gasteiger partial charge on any atom is 0.224 e. The number of rotatable bonds is 5. The minimum Gasteiger partial charge on any atom is -0.487 e. The van der Waals surface area contributed by atoms with Crippen LogP contribution in [0.3, 0.4) is 0 Å². The molecule has 4 nitrogen and oxygen atoms in total. The Morgan fingerprint density at radius 1 is 1.15 bits per heavy atom. The van der Waals surface area contributed by atoms with Crippen LogP contribution in [0.4, 0.5) is 4.39 Å². The first-order valence-electron chi connectivity index (χ1n) is 8.89. The molecule has 0 fully saturated rings. The van der Waals surface area contributed by atoms with Crippen LogP contribution in [0.25, 0.3) is 11.1 Å². The van der Waals surface area contributed by atoms with Crippen molar-refractivity contribution >= 4 is 5.91 Å². The van der Waals surface area contributed by atoms with Crippen molar-refractivity contribution in [1.82, 2.24) is 10.3 Å². The number of benzene rings is 2. The highest BCUT2D eigenvalue weighted by Crippen LogP contribution is 2.38. The van der Waals surface area contributed by atoms with Gasteiger partial charge in [-0.3, -0.25) is 9.78 Å². The number of carbonyl (C=O) groups is 1. The van der Waals surface area contributed by atoms with Crippen molar-refractivity contribution in [3.63, 3.8) is 0 Å². The molecule has 0 saturated heterocycles. The number of fused-ring (bicyclic) bond motifs is 1. The van der Waals surface area contributed by atoms with E-state index >= 15 is 0 Å². The van der Waals surface area contributed by atoms with Gasteiger partial charge < -0.3 is 10.1 Å². The first-order chi connectivity index (χ1) is 13.2. The highest BCUT2D eigenvalue weighted by atomic mass is 19.1. The highest BCUT2D eigenvalue weighted by molar-refractivity contribution is 5.78. The van der Waals surface area contributed by atoms with Gasteiger partial charge in [0.25, 0.3) is 0 Å². The number of para-hydroxylation sites is 1. The Bertz CT molecular complexity index is 960. The van der Waals surface area contributed by atoms with Gasteiger partial charge >= 0.3 is 0 Å². The van der Waals surface area contributed by atoms with Gasteiger partial charge in [-0.25, -0.2) is 4.39 Å². The van der Waals surface area contributed by atoms with Crippen molar-refractivity contribution in [1.29, 1.82) is 0 Å². The Kier molecular flexibility index (Phi) is 4.83. The number of hydrogen-bond acceptors (Lipinski definition) is 3. The number of hydrogen-bond donors (Lipinski definition) is 1. The summed E-state index contributed by atoms with van der Waals surface area (Å²) in [7, 11) is 0. The molecule has 136 valence electrons. The van der Waals surface area contributed by atoms with Gasteiger partial charge in [0.2, 0.25) is 5.91 Å². The van der Waals surface area contributed by atoms with Gasteiger partial charge in [0.1, 0.15) is 17.7 Å². The summed E-state index contributed by atoms with van der Waals surface area (Å²) in [6, 6.07) is 16.1. The van der Waals surface area contributed by atoms with Crippen molar-refractivity contribution in [3.8, 4) is 16.9 Å². The number of halogens is 1. The van der Waals surface area contributed by atoms with E-state index < -0.39 is 0 Å². The number of aromatic nitrogens is 1. The molecule has 1 N–H and O–H groups in total. The first kappa shape index (κ1) is 17.2. The zero-order valence-electron chi connectivity index (χ0n) is 14.7. The van der Waals surface area contributed by atoms with E-state index in [9.17, 15) is 9.18 Å². The van der Waals surface area contributed by atoms with E-state index in [0.717, 1.165) is 28.9 Å². The lowest BCUT2D eigenvalue weighted by Gasteiger charge is -2.13. The summed E-state index contributed by atoms with van der Waals surface area (Å²) >= 11 is 0. The molecule has 0 saturated carbocycles. The van der Waals surface area contributed by atoms with Crippen LogP contribution in [-0.2, 0) is 17.6 Å². The number of carbonyl (C=O) groups excluding carboxylic acids is 1. The fourth-order valence-corrected chi connectivity index (χ4v) is 3.33. The van der Waals surface area contributed by atoms with E-state index in [-0.39, 0.29) is 24.2 Å². The van der Waals surface area contributed by atoms with Gasteiger partial charge in [-0.05, 0) is 41.0 Å². The molecule has 2 aromatic carbocycles. The molecule has 0 bridgehead atoms. The maximum atomic E-state index is 13.2. The van der Waals surface area contributed by atoms with Gasteiger partial charge in [0.15, 0.2) is 0 Å².